The fourth-order valence-electron chi connectivity index (χ4n) is 2.13. The van der Waals surface area contributed by atoms with Crippen molar-refractivity contribution >= 4 is 45.9 Å². The summed E-state index contributed by atoms with van der Waals surface area (Å²) in [5, 5.41) is 16.4. The average molecular weight is 418 g/mol. The first kappa shape index (κ1) is 21.5. The number of hydrogen-bond acceptors (Lipinski definition) is 7. The van der Waals surface area contributed by atoms with Crippen LogP contribution in [0.15, 0.2) is 40.6 Å². The van der Waals surface area contributed by atoms with Gasteiger partial charge >= 0.3 is 5.97 Å². The highest BCUT2D eigenvalue weighted by molar-refractivity contribution is 8.00. The molecule has 28 heavy (non-hydrogen) atoms. The molecule has 0 spiro atoms. The fourth-order valence-corrected chi connectivity index (χ4v) is 3.74. The molecular formula is C19H19N3O4S2. The standard InChI is InChI=1S/C19H19N3O4S2/c1-12(2)21-17(24)11-28-15-6-4-3-5-14(15)19(25)26-10-16(23)22-18-13(9-20)7-8-27-18/h3-8,12H,10-11H2,1-2H3,(H,21,24)(H,22,23). The van der Waals surface area contributed by atoms with Gasteiger partial charge in [0.25, 0.3) is 5.91 Å². The first-order chi connectivity index (χ1) is 13.4. The Balaban J connectivity index is 1.92. The molecule has 1 aromatic carbocycles. The quantitative estimate of drug-likeness (QED) is 0.505. The second-order valence-electron chi connectivity index (χ2n) is 5.91. The first-order valence-corrected chi connectivity index (χ1v) is 10.2. The summed E-state index contributed by atoms with van der Waals surface area (Å²) in [6.07, 6.45) is 0. The lowest BCUT2D eigenvalue weighted by Crippen LogP contribution is -2.31. The predicted molar refractivity (Wildman–Crippen MR) is 108 cm³/mol. The highest BCUT2D eigenvalue weighted by Gasteiger charge is 2.16. The lowest BCUT2D eigenvalue weighted by Gasteiger charge is -2.11. The van der Waals surface area contributed by atoms with Crippen LogP contribution >= 0.6 is 23.1 Å². The van der Waals surface area contributed by atoms with Crippen molar-refractivity contribution in [2.45, 2.75) is 24.8 Å². The highest BCUT2D eigenvalue weighted by atomic mass is 32.2. The minimum atomic E-state index is -0.658. The number of nitrogens with one attached hydrogen (secondary N) is 2. The van der Waals surface area contributed by atoms with Crippen molar-refractivity contribution < 1.29 is 19.1 Å². The third-order valence-corrected chi connectivity index (χ3v) is 5.19. The Kier molecular flexibility index (Phi) is 8.04. The van der Waals surface area contributed by atoms with Crippen LogP contribution in [-0.4, -0.2) is 36.2 Å². The Bertz CT molecular complexity index is 903. The Hall–Kier alpha value is -2.83. The van der Waals surface area contributed by atoms with Gasteiger partial charge in [-0.25, -0.2) is 4.79 Å². The monoisotopic (exact) mass is 417 g/mol. The molecule has 146 valence electrons. The van der Waals surface area contributed by atoms with E-state index >= 15 is 0 Å². The smallest absolute Gasteiger partial charge is 0.339 e. The number of rotatable bonds is 8. The highest BCUT2D eigenvalue weighted by Crippen LogP contribution is 2.24. The van der Waals surface area contributed by atoms with Crippen molar-refractivity contribution in [1.29, 1.82) is 5.26 Å². The van der Waals surface area contributed by atoms with Crippen LogP contribution in [0.25, 0.3) is 0 Å². The Labute approximate surface area is 171 Å². The summed E-state index contributed by atoms with van der Waals surface area (Å²) in [6, 6.07) is 10.3. The molecule has 7 nitrogen and oxygen atoms in total. The average Bonchev–Trinajstić information content (AvgIpc) is 3.11. The zero-order chi connectivity index (χ0) is 20.5. The van der Waals surface area contributed by atoms with Gasteiger partial charge in [0.1, 0.15) is 11.1 Å². The van der Waals surface area contributed by atoms with Gasteiger partial charge < -0.3 is 15.4 Å². The molecule has 2 amide bonds. The minimum absolute atomic E-state index is 0.0386. The van der Waals surface area contributed by atoms with Gasteiger partial charge in [-0.3, -0.25) is 9.59 Å². The van der Waals surface area contributed by atoms with Crippen molar-refractivity contribution in [1.82, 2.24) is 5.32 Å². The second kappa shape index (κ2) is 10.5. The van der Waals surface area contributed by atoms with E-state index in [1.54, 1.807) is 35.7 Å². The molecular weight excluding hydrogens is 398 g/mol. The van der Waals surface area contributed by atoms with Gasteiger partial charge in [0.05, 0.1) is 16.9 Å². The van der Waals surface area contributed by atoms with E-state index in [9.17, 15) is 14.4 Å². The minimum Gasteiger partial charge on any atom is -0.452 e. The maximum Gasteiger partial charge on any atom is 0.339 e. The lowest BCUT2D eigenvalue weighted by atomic mass is 10.2. The molecule has 1 aromatic heterocycles. The normalized spacial score (nSPS) is 10.2. The Morgan fingerprint density at radius 2 is 1.96 bits per heavy atom. The van der Waals surface area contributed by atoms with E-state index in [1.165, 1.54) is 23.1 Å². The maximum atomic E-state index is 12.4. The number of nitriles is 1. The molecule has 0 aliphatic carbocycles. The van der Waals surface area contributed by atoms with Crippen LogP contribution in [0.3, 0.4) is 0 Å². The van der Waals surface area contributed by atoms with E-state index in [4.69, 9.17) is 10.00 Å². The fraction of sp³-hybridized carbons (Fsp3) is 0.263. The topological polar surface area (TPSA) is 108 Å². The van der Waals surface area contributed by atoms with Crippen molar-refractivity contribution in [2.75, 3.05) is 17.7 Å². The van der Waals surface area contributed by atoms with Gasteiger partial charge in [0.2, 0.25) is 5.91 Å². The summed E-state index contributed by atoms with van der Waals surface area (Å²) >= 11 is 2.43. The predicted octanol–water partition coefficient (Wildman–Crippen LogP) is 3.03. The third-order valence-electron chi connectivity index (χ3n) is 3.29. The molecule has 0 saturated carbocycles. The molecule has 0 radical (unpaired) electrons. The number of nitrogens with zero attached hydrogens (tertiary/aromatic N) is 1. The molecule has 0 atom stereocenters. The van der Waals surface area contributed by atoms with E-state index in [0.717, 1.165) is 0 Å². The molecule has 0 unspecified atom stereocenters. The number of thioether (sulfide) groups is 1. The molecule has 0 fully saturated rings. The molecule has 0 bridgehead atoms. The molecule has 2 aromatic rings. The van der Waals surface area contributed by atoms with E-state index in [-0.39, 0.29) is 23.3 Å². The second-order valence-corrected chi connectivity index (χ2v) is 7.84. The molecule has 0 aliphatic rings. The maximum absolute atomic E-state index is 12.4. The van der Waals surface area contributed by atoms with Crippen molar-refractivity contribution in [3.05, 3.63) is 46.8 Å². The summed E-state index contributed by atoms with van der Waals surface area (Å²) in [6.45, 7) is 3.26. The van der Waals surface area contributed by atoms with Crippen LogP contribution < -0.4 is 10.6 Å². The van der Waals surface area contributed by atoms with Crippen molar-refractivity contribution in [2.24, 2.45) is 0 Å². The van der Waals surface area contributed by atoms with Gasteiger partial charge in [-0.1, -0.05) is 12.1 Å². The van der Waals surface area contributed by atoms with E-state index in [0.29, 0.717) is 15.5 Å². The van der Waals surface area contributed by atoms with Crippen LogP contribution in [-0.2, 0) is 14.3 Å². The molecule has 9 heteroatoms. The third kappa shape index (κ3) is 6.40. The van der Waals surface area contributed by atoms with Gasteiger partial charge in [-0.15, -0.1) is 23.1 Å². The largest absolute Gasteiger partial charge is 0.452 e. The molecule has 1 heterocycles. The zero-order valence-corrected chi connectivity index (χ0v) is 17.0. The van der Waals surface area contributed by atoms with Gasteiger partial charge in [0.15, 0.2) is 6.61 Å². The van der Waals surface area contributed by atoms with Crippen LogP contribution in [0.2, 0.25) is 0 Å². The number of carbonyl (C=O) groups is 3. The number of anilines is 1. The van der Waals surface area contributed by atoms with Gasteiger partial charge in [0, 0.05) is 10.9 Å². The van der Waals surface area contributed by atoms with Crippen molar-refractivity contribution in [3.63, 3.8) is 0 Å². The molecule has 0 saturated heterocycles. The zero-order valence-electron chi connectivity index (χ0n) is 15.4. The number of esters is 1. The van der Waals surface area contributed by atoms with Crippen LogP contribution in [0.5, 0.6) is 0 Å². The first-order valence-electron chi connectivity index (χ1n) is 8.36. The molecule has 0 aliphatic heterocycles. The molecule has 2 N–H and O–H groups in total. The number of benzene rings is 1. The number of ether oxygens (including phenoxy) is 1. The van der Waals surface area contributed by atoms with E-state index in [2.05, 4.69) is 10.6 Å². The Morgan fingerprint density at radius 3 is 2.68 bits per heavy atom. The summed E-state index contributed by atoms with van der Waals surface area (Å²) in [7, 11) is 0. The number of amides is 2. The van der Waals surface area contributed by atoms with Crippen molar-refractivity contribution in [3.8, 4) is 6.07 Å². The lowest BCUT2D eigenvalue weighted by molar-refractivity contribution is -0.119. The van der Waals surface area contributed by atoms with Crippen LogP contribution in [0, 0.1) is 11.3 Å². The number of carbonyl (C=O) groups excluding carboxylic acids is 3. The summed E-state index contributed by atoms with van der Waals surface area (Å²) in [4.78, 5) is 36.7. The summed E-state index contributed by atoms with van der Waals surface area (Å²) < 4.78 is 5.08. The number of hydrogen-bond donors (Lipinski definition) is 2. The molecule has 2 rings (SSSR count). The van der Waals surface area contributed by atoms with Crippen LogP contribution in [0.1, 0.15) is 29.8 Å². The summed E-state index contributed by atoms with van der Waals surface area (Å²) in [5.74, 6) is -1.16. The number of thiophene rings is 1. The van der Waals surface area contributed by atoms with E-state index < -0.39 is 18.5 Å². The van der Waals surface area contributed by atoms with Gasteiger partial charge in [-0.05, 0) is 37.4 Å². The van der Waals surface area contributed by atoms with E-state index in [1.807, 2.05) is 19.9 Å². The SMILES string of the molecule is CC(C)NC(=O)CSc1ccccc1C(=O)OCC(=O)Nc1sccc1C#N. The van der Waals surface area contributed by atoms with Gasteiger partial charge in [-0.2, -0.15) is 5.26 Å². The summed E-state index contributed by atoms with van der Waals surface area (Å²) in [5.41, 5.74) is 0.637. The Morgan fingerprint density at radius 1 is 1.21 bits per heavy atom. The van der Waals surface area contributed by atoms with Crippen LogP contribution in [0.4, 0.5) is 5.00 Å².